The highest BCUT2D eigenvalue weighted by molar-refractivity contribution is 5.76. The van der Waals surface area contributed by atoms with Crippen molar-refractivity contribution in [3.8, 4) is 0 Å². The topological polar surface area (TPSA) is 38.0 Å². The zero-order valence-electron chi connectivity index (χ0n) is 8.44. The molecule has 2 heterocycles. The molecule has 1 N–H and O–H groups in total. The van der Waals surface area contributed by atoms with Gasteiger partial charge in [-0.1, -0.05) is 0 Å². The van der Waals surface area contributed by atoms with Crippen LogP contribution in [0, 0.1) is 6.92 Å². The molecule has 0 aliphatic heterocycles. The first-order chi connectivity index (χ1) is 6.66. The molecule has 2 rings (SSSR count). The van der Waals surface area contributed by atoms with Crippen LogP contribution in [0.1, 0.15) is 12.5 Å². The number of nitrogens with zero attached hydrogens (tertiary/aromatic N) is 2. The van der Waals surface area contributed by atoms with Crippen LogP contribution in [0.15, 0.2) is 24.5 Å². The van der Waals surface area contributed by atoms with Crippen LogP contribution < -0.4 is 0 Å². The van der Waals surface area contributed by atoms with Crippen LogP contribution in [0.5, 0.6) is 0 Å². The summed E-state index contributed by atoms with van der Waals surface area (Å²) in [5, 5.41) is 10.4. The van der Waals surface area contributed by atoms with Crippen molar-refractivity contribution in [2.24, 2.45) is 0 Å². The molecule has 0 aliphatic rings. The van der Waals surface area contributed by atoms with E-state index in [-0.39, 0.29) is 6.10 Å². The summed E-state index contributed by atoms with van der Waals surface area (Å²) in [5.74, 6) is 0. The highest BCUT2D eigenvalue weighted by Crippen LogP contribution is 2.14. The van der Waals surface area contributed by atoms with Crippen molar-refractivity contribution < 1.29 is 5.11 Å². The Morgan fingerprint density at radius 1 is 1.57 bits per heavy atom. The Kier molecular flexibility index (Phi) is 2.25. The molecule has 0 fully saturated rings. The van der Waals surface area contributed by atoms with E-state index in [1.165, 1.54) is 0 Å². The summed E-state index contributed by atoms with van der Waals surface area (Å²) in [6.45, 7) is 4.40. The van der Waals surface area contributed by atoms with Gasteiger partial charge in [0.05, 0.1) is 6.10 Å². The number of fused-ring (bicyclic) bond motifs is 1. The lowest BCUT2D eigenvalue weighted by molar-refractivity contribution is 0.175. The molecule has 2 aromatic rings. The summed E-state index contributed by atoms with van der Waals surface area (Å²) < 4.78 is 1.97. The molecular formula is C11H14N2O. The van der Waals surface area contributed by atoms with E-state index < -0.39 is 0 Å². The van der Waals surface area contributed by atoms with Crippen LogP contribution in [0.2, 0.25) is 0 Å². The molecule has 0 radical (unpaired) electrons. The lowest BCUT2D eigenvalue weighted by Gasteiger charge is -2.06. The van der Waals surface area contributed by atoms with Crippen molar-refractivity contribution in [1.82, 2.24) is 9.55 Å². The second kappa shape index (κ2) is 3.42. The van der Waals surface area contributed by atoms with Gasteiger partial charge >= 0.3 is 0 Å². The number of pyridine rings is 1. The van der Waals surface area contributed by atoms with Gasteiger partial charge < -0.3 is 9.67 Å². The van der Waals surface area contributed by atoms with Gasteiger partial charge in [-0.2, -0.15) is 0 Å². The summed E-state index contributed by atoms with van der Waals surface area (Å²) in [6, 6.07) is 4.12. The highest BCUT2D eigenvalue weighted by Gasteiger charge is 2.04. The smallest absolute Gasteiger partial charge is 0.139 e. The maximum Gasteiger partial charge on any atom is 0.139 e. The minimum absolute atomic E-state index is 0.339. The second-order valence-corrected chi connectivity index (χ2v) is 3.74. The van der Waals surface area contributed by atoms with E-state index in [1.54, 1.807) is 6.92 Å². The van der Waals surface area contributed by atoms with Crippen molar-refractivity contribution >= 4 is 11.0 Å². The van der Waals surface area contributed by atoms with E-state index in [1.807, 2.05) is 30.0 Å². The van der Waals surface area contributed by atoms with E-state index in [9.17, 15) is 5.11 Å². The SMILES string of the molecule is Cc1cnc2c(ccn2CC(C)O)c1. The van der Waals surface area contributed by atoms with Gasteiger partial charge in [0.25, 0.3) is 0 Å². The highest BCUT2D eigenvalue weighted by atomic mass is 16.3. The molecule has 1 unspecified atom stereocenters. The van der Waals surface area contributed by atoms with E-state index in [4.69, 9.17) is 0 Å². The fourth-order valence-electron chi connectivity index (χ4n) is 1.62. The third-order valence-electron chi connectivity index (χ3n) is 2.20. The van der Waals surface area contributed by atoms with Crippen LogP contribution in [0.25, 0.3) is 11.0 Å². The van der Waals surface area contributed by atoms with Crippen molar-refractivity contribution in [2.75, 3.05) is 0 Å². The van der Waals surface area contributed by atoms with Crippen molar-refractivity contribution in [2.45, 2.75) is 26.5 Å². The van der Waals surface area contributed by atoms with Gasteiger partial charge in [0, 0.05) is 24.3 Å². The number of hydrogen-bond acceptors (Lipinski definition) is 2. The summed E-state index contributed by atoms with van der Waals surface area (Å²) in [5.41, 5.74) is 2.10. The molecule has 1 atom stereocenters. The molecule has 0 amide bonds. The fraction of sp³-hybridized carbons (Fsp3) is 0.364. The Labute approximate surface area is 83.0 Å². The summed E-state index contributed by atoms with van der Waals surface area (Å²) in [7, 11) is 0. The third-order valence-corrected chi connectivity index (χ3v) is 2.20. The van der Waals surface area contributed by atoms with Gasteiger partial charge in [-0.25, -0.2) is 4.98 Å². The van der Waals surface area contributed by atoms with Gasteiger partial charge in [0.15, 0.2) is 0 Å². The van der Waals surface area contributed by atoms with E-state index in [0.29, 0.717) is 6.54 Å². The molecule has 2 aromatic heterocycles. The lowest BCUT2D eigenvalue weighted by Crippen LogP contribution is -2.10. The number of aryl methyl sites for hydroxylation is 1. The molecular weight excluding hydrogens is 176 g/mol. The number of aliphatic hydroxyl groups excluding tert-OH is 1. The van der Waals surface area contributed by atoms with Gasteiger partial charge in [0.1, 0.15) is 5.65 Å². The first-order valence-corrected chi connectivity index (χ1v) is 4.76. The second-order valence-electron chi connectivity index (χ2n) is 3.74. The van der Waals surface area contributed by atoms with Crippen molar-refractivity contribution in [3.63, 3.8) is 0 Å². The average molecular weight is 190 g/mol. The molecule has 3 heteroatoms. The van der Waals surface area contributed by atoms with Crippen LogP contribution in [-0.2, 0) is 6.54 Å². The predicted molar refractivity (Wildman–Crippen MR) is 56.2 cm³/mol. The summed E-state index contributed by atoms with van der Waals surface area (Å²) >= 11 is 0. The van der Waals surface area contributed by atoms with E-state index in [0.717, 1.165) is 16.6 Å². The summed E-state index contributed by atoms with van der Waals surface area (Å²) in [6.07, 6.45) is 3.47. The van der Waals surface area contributed by atoms with E-state index >= 15 is 0 Å². The van der Waals surface area contributed by atoms with Crippen LogP contribution >= 0.6 is 0 Å². The van der Waals surface area contributed by atoms with Crippen molar-refractivity contribution in [1.29, 1.82) is 0 Å². The quantitative estimate of drug-likeness (QED) is 0.783. The molecule has 3 nitrogen and oxygen atoms in total. The van der Waals surface area contributed by atoms with Gasteiger partial charge in [-0.3, -0.25) is 0 Å². The predicted octanol–water partition coefficient (Wildman–Crippen LogP) is 1.73. The first-order valence-electron chi connectivity index (χ1n) is 4.76. The number of rotatable bonds is 2. The van der Waals surface area contributed by atoms with Crippen LogP contribution in [-0.4, -0.2) is 20.8 Å². The minimum atomic E-state index is -0.339. The van der Waals surface area contributed by atoms with Gasteiger partial charge in [-0.05, 0) is 31.5 Å². The molecule has 0 aliphatic carbocycles. The van der Waals surface area contributed by atoms with E-state index in [2.05, 4.69) is 11.1 Å². The zero-order chi connectivity index (χ0) is 10.1. The molecule has 0 bridgehead atoms. The minimum Gasteiger partial charge on any atom is -0.392 e. The zero-order valence-corrected chi connectivity index (χ0v) is 8.44. The summed E-state index contributed by atoms with van der Waals surface area (Å²) in [4.78, 5) is 4.35. The Hall–Kier alpha value is -1.35. The molecule has 0 saturated carbocycles. The van der Waals surface area contributed by atoms with Crippen LogP contribution in [0.4, 0.5) is 0 Å². The molecule has 0 spiro atoms. The normalized spacial score (nSPS) is 13.4. The number of aromatic nitrogens is 2. The standard InChI is InChI=1S/C11H14N2O/c1-8-5-10-3-4-13(7-9(2)14)11(10)12-6-8/h3-6,9,14H,7H2,1-2H3. The monoisotopic (exact) mass is 190 g/mol. The average Bonchev–Trinajstić information content (AvgIpc) is 2.47. The largest absolute Gasteiger partial charge is 0.392 e. The Morgan fingerprint density at radius 3 is 3.07 bits per heavy atom. The maximum atomic E-state index is 9.29. The fourth-order valence-corrected chi connectivity index (χ4v) is 1.62. The molecule has 0 saturated heterocycles. The third kappa shape index (κ3) is 1.63. The number of aliphatic hydroxyl groups is 1. The first kappa shape index (κ1) is 9.21. The molecule has 0 aromatic carbocycles. The molecule has 14 heavy (non-hydrogen) atoms. The number of hydrogen-bond donors (Lipinski definition) is 1. The van der Waals surface area contributed by atoms with Crippen molar-refractivity contribution in [3.05, 3.63) is 30.1 Å². The Morgan fingerprint density at radius 2 is 2.36 bits per heavy atom. The Balaban J connectivity index is 2.47. The maximum absolute atomic E-state index is 9.29. The van der Waals surface area contributed by atoms with Gasteiger partial charge in [0.2, 0.25) is 0 Å². The van der Waals surface area contributed by atoms with Gasteiger partial charge in [-0.15, -0.1) is 0 Å². The molecule has 74 valence electrons. The Bertz CT molecular complexity index is 445. The van der Waals surface area contributed by atoms with Crippen LogP contribution in [0.3, 0.4) is 0 Å². The lowest BCUT2D eigenvalue weighted by atomic mass is 10.2.